The van der Waals surface area contributed by atoms with E-state index in [4.69, 9.17) is 11.6 Å². The number of hydrogen-bond donors (Lipinski definition) is 1. The fraction of sp³-hybridized carbons (Fsp3) is 0.125. The first kappa shape index (κ1) is 15.1. The molecule has 108 valence electrons. The second-order valence-corrected chi connectivity index (χ2v) is 8.30. The summed E-state index contributed by atoms with van der Waals surface area (Å²) in [5.41, 5.74) is 2.32. The van der Waals surface area contributed by atoms with Gasteiger partial charge in [-0.1, -0.05) is 23.7 Å². The Morgan fingerprint density at radius 2 is 2.00 bits per heavy atom. The van der Waals surface area contributed by atoms with Gasteiger partial charge in [-0.25, -0.2) is 0 Å². The topological polar surface area (TPSA) is 12.0 Å². The van der Waals surface area contributed by atoms with Crippen molar-refractivity contribution in [1.82, 2.24) is 0 Å². The van der Waals surface area contributed by atoms with Gasteiger partial charge in [-0.3, -0.25) is 0 Å². The van der Waals surface area contributed by atoms with Gasteiger partial charge >= 0.3 is 0 Å². The average Bonchev–Trinajstić information content (AvgIpc) is 3.09. The lowest BCUT2D eigenvalue weighted by Gasteiger charge is -2.19. The molecule has 5 heteroatoms. The van der Waals surface area contributed by atoms with Gasteiger partial charge in [-0.05, 0) is 64.1 Å². The quantitative estimate of drug-likeness (QED) is 0.513. The van der Waals surface area contributed by atoms with Crippen LogP contribution in [0.15, 0.2) is 52.3 Å². The van der Waals surface area contributed by atoms with E-state index in [0.29, 0.717) is 0 Å². The van der Waals surface area contributed by atoms with Crippen molar-refractivity contribution in [3.05, 3.63) is 72.0 Å². The van der Waals surface area contributed by atoms with E-state index in [9.17, 15) is 0 Å². The summed E-state index contributed by atoms with van der Waals surface area (Å²) in [5.74, 6) is 0. The first-order valence-electron chi connectivity index (χ1n) is 6.45. The molecule has 1 aromatic carbocycles. The highest BCUT2D eigenvalue weighted by Crippen LogP contribution is 2.37. The lowest BCUT2D eigenvalue weighted by atomic mass is 10.1. The van der Waals surface area contributed by atoms with Gasteiger partial charge in [0.15, 0.2) is 0 Å². The number of thiophene rings is 2. The third-order valence-electron chi connectivity index (χ3n) is 3.13. The van der Waals surface area contributed by atoms with Crippen molar-refractivity contribution in [2.24, 2.45) is 0 Å². The Morgan fingerprint density at radius 3 is 2.62 bits per heavy atom. The van der Waals surface area contributed by atoms with E-state index in [0.717, 1.165) is 14.5 Å². The van der Waals surface area contributed by atoms with Crippen molar-refractivity contribution in [2.45, 2.75) is 13.0 Å². The Labute approximate surface area is 145 Å². The molecule has 0 fully saturated rings. The molecule has 1 nitrogen and oxygen atoms in total. The highest BCUT2D eigenvalue weighted by Gasteiger charge is 2.18. The van der Waals surface area contributed by atoms with Gasteiger partial charge < -0.3 is 5.32 Å². The third kappa shape index (κ3) is 3.51. The summed E-state index contributed by atoms with van der Waals surface area (Å²) in [4.78, 5) is 2.50. The lowest BCUT2D eigenvalue weighted by Crippen LogP contribution is -2.10. The van der Waals surface area contributed by atoms with E-state index in [1.807, 2.05) is 6.07 Å². The van der Waals surface area contributed by atoms with Crippen LogP contribution < -0.4 is 5.32 Å². The van der Waals surface area contributed by atoms with Gasteiger partial charge in [-0.15, -0.1) is 22.7 Å². The molecule has 0 spiro atoms. The Bertz CT molecular complexity index is 737. The van der Waals surface area contributed by atoms with Gasteiger partial charge in [0.1, 0.15) is 0 Å². The number of aryl methyl sites for hydroxylation is 1. The largest absolute Gasteiger partial charge is 0.372 e. The zero-order valence-electron chi connectivity index (χ0n) is 11.3. The molecule has 0 bridgehead atoms. The zero-order valence-corrected chi connectivity index (χ0v) is 15.2. The van der Waals surface area contributed by atoms with Gasteiger partial charge in [0.05, 0.1) is 10.4 Å². The van der Waals surface area contributed by atoms with Crippen LogP contribution in [0.1, 0.15) is 21.4 Å². The number of benzene rings is 1. The molecule has 21 heavy (non-hydrogen) atoms. The van der Waals surface area contributed by atoms with Crippen LogP contribution in [-0.4, -0.2) is 0 Å². The molecule has 0 radical (unpaired) electrons. The van der Waals surface area contributed by atoms with E-state index < -0.39 is 0 Å². The number of rotatable bonds is 4. The van der Waals surface area contributed by atoms with Crippen molar-refractivity contribution in [3.63, 3.8) is 0 Å². The van der Waals surface area contributed by atoms with Crippen molar-refractivity contribution in [3.8, 4) is 0 Å². The number of halogens is 2. The first-order chi connectivity index (χ1) is 10.1. The van der Waals surface area contributed by atoms with Crippen molar-refractivity contribution in [1.29, 1.82) is 0 Å². The molecule has 1 atom stereocenters. The maximum atomic E-state index is 6.11. The Kier molecular flexibility index (Phi) is 4.69. The van der Waals surface area contributed by atoms with Crippen molar-refractivity contribution < 1.29 is 0 Å². The number of anilines is 1. The van der Waals surface area contributed by atoms with E-state index >= 15 is 0 Å². The van der Waals surface area contributed by atoms with Crippen LogP contribution in [0.5, 0.6) is 0 Å². The minimum Gasteiger partial charge on any atom is -0.372 e. The number of nitrogens with one attached hydrogen (secondary N) is 1. The predicted molar refractivity (Wildman–Crippen MR) is 98.0 cm³/mol. The minimum atomic E-state index is 0.126. The molecule has 0 saturated carbocycles. The fourth-order valence-corrected chi connectivity index (χ4v) is 4.72. The van der Waals surface area contributed by atoms with Gasteiger partial charge in [0.2, 0.25) is 0 Å². The summed E-state index contributed by atoms with van der Waals surface area (Å²) in [6, 6.07) is 14.7. The molecule has 0 amide bonds. The minimum absolute atomic E-state index is 0.126. The molecule has 0 aliphatic rings. The van der Waals surface area contributed by atoms with Crippen molar-refractivity contribution in [2.75, 3.05) is 5.32 Å². The summed E-state index contributed by atoms with van der Waals surface area (Å²) >= 11 is 13.1. The third-order valence-corrected chi connectivity index (χ3v) is 6.02. The zero-order chi connectivity index (χ0) is 14.8. The van der Waals surface area contributed by atoms with Crippen LogP contribution in [-0.2, 0) is 0 Å². The van der Waals surface area contributed by atoms with E-state index in [1.165, 1.54) is 15.3 Å². The normalized spacial score (nSPS) is 12.3. The maximum Gasteiger partial charge on any atom is 0.0954 e. The molecule has 3 aromatic rings. The molecular weight excluding hydrogens is 386 g/mol. The van der Waals surface area contributed by atoms with Crippen LogP contribution in [0.2, 0.25) is 4.34 Å². The van der Waals surface area contributed by atoms with E-state index in [2.05, 4.69) is 69.9 Å². The monoisotopic (exact) mass is 397 g/mol. The van der Waals surface area contributed by atoms with Gasteiger partial charge in [0, 0.05) is 19.9 Å². The summed E-state index contributed by atoms with van der Waals surface area (Å²) in [6.07, 6.45) is 0. The predicted octanol–water partition coefficient (Wildman–Crippen LogP) is 6.74. The highest BCUT2D eigenvalue weighted by molar-refractivity contribution is 9.10. The molecule has 0 aliphatic heterocycles. The lowest BCUT2D eigenvalue weighted by molar-refractivity contribution is 0.990. The van der Waals surface area contributed by atoms with Gasteiger partial charge in [0.25, 0.3) is 0 Å². The molecule has 2 aromatic heterocycles. The van der Waals surface area contributed by atoms with E-state index in [1.54, 1.807) is 22.7 Å². The second kappa shape index (κ2) is 6.53. The van der Waals surface area contributed by atoms with Crippen LogP contribution >= 0.6 is 50.2 Å². The van der Waals surface area contributed by atoms with Crippen LogP contribution in [0, 0.1) is 6.92 Å². The Hall–Kier alpha value is -0.810. The SMILES string of the molecule is Cc1ccc(NC(c2cccs2)c2ccc(Cl)s2)c(Br)c1. The van der Waals surface area contributed by atoms with Crippen LogP contribution in [0.4, 0.5) is 5.69 Å². The van der Waals surface area contributed by atoms with E-state index in [-0.39, 0.29) is 6.04 Å². The van der Waals surface area contributed by atoms with Crippen LogP contribution in [0.3, 0.4) is 0 Å². The summed E-state index contributed by atoms with van der Waals surface area (Å²) in [6.45, 7) is 2.09. The maximum absolute atomic E-state index is 6.11. The number of hydrogen-bond acceptors (Lipinski definition) is 3. The fourth-order valence-electron chi connectivity index (χ4n) is 2.11. The molecule has 3 rings (SSSR count). The summed E-state index contributed by atoms with van der Waals surface area (Å²) in [7, 11) is 0. The smallest absolute Gasteiger partial charge is 0.0954 e. The van der Waals surface area contributed by atoms with Crippen molar-refractivity contribution >= 4 is 55.9 Å². The standard InChI is InChI=1S/C16H13BrClNS2/c1-10-4-5-12(11(17)9-10)19-16(13-3-2-8-20-13)14-6-7-15(18)21-14/h2-9,16,19H,1H3. The first-order valence-corrected chi connectivity index (χ1v) is 9.31. The Balaban J connectivity index is 1.96. The molecular formula is C16H13BrClNS2. The average molecular weight is 399 g/mol. The Morgan fingerprint density at radius 1 is 1.14 bits per heavy atom. The molecule has 1 N–H and O–H groups in total. The molecule has 0 saturated heterocycles. The molecule has 1 unspecified atom stereocenters. The van der Waals surface area contributed by atoms with Crippen LogP contribution in [0.25, 0.3) is 0 Å². The van der Waals surface area contributed by atoms with Gasteiger partial charge in [-0.2, -0.15) is 0 Å². The highest BCUT2D eigenvalue weighted by atomic mass is 79.9. The molecule has 0 aliphatic carbocycles. The summed E-state index contributed by atoms with van der Waals surface area (Å²) < 4.78 is 1.89. The molecule has 2 heterocycles. The second-order valence-electron chi connectivity index (χ2n) is 4.72. The summed E-state index contributed by atoms with van der Waals surface area (Å²) in [5, 5.41) is 5.72.